The van der Waals surface area contributed by atoms with E-state index in [0.717, 1.165) is 12.1 Å². The first-order valence-electron chi connectivity index (χ1n) is 4.19. The molecule has 0 radical (unpaired) electrons. The van der Waals surface area contributed by atoms with Gasteiger partial charge in [-0.1, -0.05) is 12.1 Å². The van der Waals surface area contributed by atoms with Crippen molar-refractivity contribution in [2.45, 2.75) is 0 Å². The van der Waals surface area contributed by atoms with Crippen LogP contribution in [0.3, 0.4) is 0 Å². The summed E-state index contributed by atoms with van der Waals surface area (Å²) in [6.45, 7) is -5.03. The van der Waals surface area contributed by atoms with Crippen LogP contribution in [0.4, 0.5) is 12.9 Å². The molecule has 0 atom stereocenters. The van der Waals surface area contributed by atoms with Crippen molar-refractivity contribution >= 4 is 29.7 Å². The molecule has 2 nitrogen and oxygen atoms in total. The second-order valence-corrected chi connectivity index (χ2v) is 3.14. The molecule has 7 heteroatoms. The molecule has 2 rings (SSSR count). The maximum atomic E-state index is 12.4. The number of carbonyl (C=O) groups excluding carboxylic acids is 1. The largest absolute Gasteiger partial charge is 1.00 e. The molecular formula is C9H5BF3KO2. The molecule has 0 fully saturated rings. The third-order valence-corrected chi connectivity index (χ3v) is 2.06. The van der Waals surface area contributed by atoms with Gasteiger partial charge < -0.3 is 17.4 Å². The Morgan fingerprint density at radius 2 is 1.88 bits per heavy atom. The van der Waals surface area contributed by atoms with Crippen LogP contribution in [0.25, 0.3) is 11.0 Å². The molecule has 0 saturated carbocycles. The summed E-state index contributed by atoms with van der Waals surface area (Å²) < 4.78 is 42.0. The van der Waals surface area contributed by atoms with Crippen LogP contribution < -0.4 is 56.8 Å². The fourth-order valence-electron chi connectivity index (χ4n) is 1.33. The van der Waals surface area contributed by atoms with Crippen LogP contribution in [0.15, 0.2) is 28.7 Å². The van der Waals surface area contributed by atoms with Crippen LogP contribution in [0.1, 0.15) is 10.6 Å². The van der Waals surface area contributed by atoms with Gasteiger partial charge in [-0.25, -0.2) is 0 Å². The van der Waals surface area contributed by atoms with Gasteiger partial charge in [0.2, 0.25) is 0 Å². The topological polar surface area (TPSA) is 30.2 Å². The van der Waals surface area contributed by atoms with Gasteiger partial charge in [-0.05, 0) is 12.1 Å². The van der Waals surface area contributed by atoms with Crippen molar-refractivity contribution in [2.75, 3.05) is 0 Å². The number of aldehydes is 1. The molecule has 0 spiro atoms. The van der Waals surface area contributed by atoms with E-state index in [1.165, 1.54) is 12.1 Å². The van der Waals surface area contributed by atoms with Crippen molar-refractivity contribution in [3.8, 4) is 0 Å². The molecule has 0 saturated heterocycles. The van der Waals surface area contributed by atoms with Crippen LogP contribution in [-0.4, -0.2) is 13.3 Å². The predicted octanol–water partition coefficient (Wildman–Crippen LogP) is -0.696. The van der Waals surface area contributed by atoms with Gasteiger partial charge in [-0.2, -0.15) is 0 Å². The first-order chi connectivity index (χ1) is 7.00. The van der Waals surface area contributed by atoms with E-state index in [1.807, 2.05) is 0 Å². The molecule has 0 aliphatic rings. The van der Waals surface area contributed by atoms with E-state index in [2.05, 4.69) is 0 Å². The third-order valence-electron chi connectivity index (χ3n) is 2.06. The summed E-state index contributed by atoms with van der Waals surface area (Å²) in [7, 11) is 0. The van der Waals surface area contributed by atoms with Crippen molar-refractivity contribution in [2.24, 2.45) is 0 Å². The summed E-state index contributed by atoms with van der Waals surface area (Å²) in [5, 5.41) is 0.487. The molecule has 0 bridgehead atoms. The molecule has 1 aromatic heterocycles. The molecular weight excluding hydrogens is 247 g/mol. The maximum absolute atomic E-state index is 12.4. The fourth-order valence-corrected chi connectivity index (χ4v) is 1.33. The second kappa shape index (κ2) is 5.05. The normalized spacial score (nSPS) is 11.2. The van der Waals surface area contributed by atoms with Gasteiger partial charge in [0.05, 0.1) is 0 Å². The SMILES string of the molecule is O=Cc1cc2ccc([B-](F)(F)F)cc2o1.[K+]. The van der Waals surface area contributed by atoms with Gasteiger partial charge in [0.15, 0.2) is 12.0 Å². The predicted molar refractivity (Wildman–Crippen MR) is 50.3 cm³/mol. The minimum absolute atomic E-state index is 0. The first kappa shape index (κ1) is 14.0. The van der Waals surface area contributed by atoms with E-state index in [1.54, 1.807) is 0 Å². The van der Waals surface area contributed by atoms with Crippen molar-refractivity contribution in [3.63, 3.8) is 0 Å². The summed E-state index contributed by atoms with van der Waals surface area (Å²) in [4.78, 5) is 10.3. The van der Waals surface area contributed by atoms with Gasteiger partial charge in [-0.3, -0.25) is 4.79 Å². The van der Waals surface area contributed by atoms with Crippen LogP contribution in [0.5, 0.6) is 0 Å². The number of furan rings is 1. The molecule has 0 aliphatic carbocycles. The maximum Gasteiger partial charge on any atom is 1.00 e. The molecule has 2 aromatic rings. The van der Waals surface area contributed by atoms with Crippen LogP contribution in [0, 0.1) is 0 Å². The molecule has 0 N–H and O–H groups in total. The second-order valence-electron chi connectivity index (χ2n) is 3.14. The Labute approximate surface area is 132 Å². The van der Waals surface area contributed by atoms with Crippen molar-refractivity contribution < 1.29 is 73.5 Å². The summed E-state index contributed by atoms with van der Waals surface area (Å²) >= 11 is 0. The number of benzene rings is 1. The number of halogens is 3. The quantitative estimate of drug-likeness (QED) is 0.523. The summed E-state index contributed by atoms with van der Waals surface area (Å²) in [5.74, 6) is 0.0248. The zero-order valence-electron chi connectivity index (χ0n) is 8.41. The molecule has 78 valence electrons. The number of fused-ring (bicyclic) bond motifs is 1. The zero-order chi connectivity index (χ0) is 11.1. The van der Waals surface area contributed by atoms with Crippen LogP contribution >= 0.6 is 0 Å². The minimum Gasteiger partial charge on any atom is -0.453 e. The Hall–Kier alpha value is -0.0787. The molecule has 1 aromatic carbocycles. The Kier molecular flexibility index (Phi) is 4.42. The van der Waals surface area contributed by atoms with Gasteiger partial charge in [0, 0.05) is 5.39 Å². The zero-order valence-corrected chi connectivity index (χ0v) is 11.5. The van der Waals surface area contributed by atoms with Gasteiger partial charge in [0.1, 0.15) is 5.58 Å². The molecule has 0 aliphatic heterocycles. The van der Waals surface area contributed by atoms with E-state index in [9.17, 15) is 17.7 Å². The van der Waals surface area contributed by atoms with E-state index in [0.29, 0.717) is 11.7 Å². The van der Waals surface area contributed by atoms with Crippen LogP contribution in [-0.2, 0) is 0 Å². The Morgan fingerprint density at radius 1 is 1.19 bits per heavy atom. The van der Waals surface area contributed by atoms with Gasteiger partial charge in [-0.15, -0.1) is 5.46 Å². The van der Waals surface area contributed by atoms with E-state index in [4.69, 9.17) is 4.42 Å². The Morgan fingerprint density at radius 3 is 2.44 bits per heavy atom. The molecule has 0 amide bonds. The monoisotopic (exact) mass is 252 g/mol. The summed E-state index contributed by atoms with van der Waals surface area (Å²) in [6, 6.07) is 4.57. The number of carbonyl (C=O) groups is 1. The number of hydrogen-bond donors (Lipinski definition) is 0. The minimum atomic E-state index is -5.03. The van der Waals surface area contributed by atoms with Gasteiger partial charge in [0.25, 0.3) is 0 Å². The Balaban J connectivity index is 0.00000128. The molecule has 0 unspecified atom stereocenters. The summed E-state index contributed by atoms with van der Waals surface area (Å²) in [5.41, 5.74) is -0.650. The van der Waals surface area contributed by atoms with E-state index >= 15 is 0 Å². The van der Waals surface area contributed by atoms with Gasteiger partial charge >= 0.3 is 58.4 Å². The average Bonchev–Trinajstić information content (AvgIpc) is 2.57. The van der Waals surface area contributed by atoms with Crippen LogP contribution in [0.2, 0.25) is 0 Å². The van der Waals surface area contributed by atoms with E-state index in [-0.39, 0.29) is 62.7 Å². The number of hydrogen-bond acceptors (Lipinski definition) is 2. The van der Waals surface area contributed by atoms with Crippen molar-refractivity contribution in [1.29, 1.82) is 0 Å². The summed E-state index contributed by atoms with van der Waals surface area (Å²) in [6.07, 6.45) is 0.457. The van der Waals surface area contributed by atoms with Crippen molar-refractivity contribution in [1.82, 2.24) is 0 Å². The first-order valence-corrected chi connectivity index (χ1v) is 4.19. The molecule has 16 heavy (non-hydrogen) atoms. The standard InChI is InChI=1S/C9H5BF3O2.K/c11-10(12,13)7-2-1-6-3-8(5-14)15-9(6)4-7;/h1-5H;/q-1;+1. The molecule has 1 heterocycles. The average molecular weight is 252 g/mol. The smallest absolute Gasteiger partial charge is 0.453 e. The number of rotatable bonds is 2. The third kappa shape index (κ3) is 2.78. The Bertz CT molecular complexity index is 521. The van der Waals surface area contributed by atoms with E-state index < -0.39 is 12.4 Å². The van der Waals surface area contributed by atoms with Crippen molar-refractivity contribution in [3.05, 3.63) is 30.0 Å². The fraction of sp³-hybridized carbons (Fsp3) is 0.